The van der Waals surface area contributed by atoms with Gasteiger partial charge in [0.2, 0.25) is 11.8 Å². The minimum atomic E-state index is 0.0392. The molecule has 0 bridgehead atoms. The number of likely N-dealkylation sites (tertiary alicyclic amines) is 1. The van der Waals surface area contributed by atoms with Crippen molar-refractivity contribution in [3.05, 3.63) is 0 Å². The Morgan fingerprint density at radius 2 is 1.84 bits per heavy atom. The Morgan fingerprint density at radius 3 is 2.53 bits per heavy atom. The summed E-state index contributed by atoms with van der Waals surface area (Å²) in [6.45, 7) is 3.53. The fraction of sp³-hybridized carbons (Fsp3) is 0.857. The van der Waals surface area contributed by atoms with Crippen LogP contribution in [0.25, 0.3) is 0 Å². The van der Waals surface area contributed by atoms with E-state index in [9.17, 15) is 9.59 Å². The van der Waals surface area contributed by atoms with Crippen LogP contribution in [0.15, 0.2) is 0 Å². The Kier molecular flexibility index (Phi) is 5.63. The summed E-state index contributed by atoms with van der Waals surface area (Å²) in [6, 6.07) is 0. The van der Waals surface area contributed by atoms with Crippen LogP contribution in [-0.2, 0) is 9.59 Å². The van der Waals surface area contributed by atoms with Crippen molar-refractivity contribution in [2.24, 2.45) is 5.92 Å². The molecule has 1 saturated carbocycles. The first kappa shape index (κ1) is 14.3. The van der Waals surface area contributed by atoms with Crippen LogP contribution < -0.4 is 10.6 Å². The maximum atomic E-state index is 11.9. The van der Waals surface area contributed by atoms with Crippen LogP contribution in [0.5, 0.6) is 0 Å². The Hall–Kier alpha value is -1.10. The fourth-order valence-corrected chi connectivity index (χ4v) is 2.34. The minimum Gasteiger partial charge on any atom is -0.355 e. The third-order valence-corrected chi connectivity index (χ3v) is 3.79. The number of carbonyl (C=O) groups is 2. The molecule has 0 spiro atoms. The van der Waals surface area contributed by atoms with Gasteiger partial charge < -0.3 is 15.5 Å². The van der Waals surface area contributed by atoms with Gasteiger partial charge in [-0.3, -0.25) is 9.59 Å². The lowest BCUT2D eigenvalue weighted by Gasteiger charge is -2.26. The zero-order valence-corrected chi connectivity index (χ0v) is 11.6. The summed E-state index contributed by atoms with van der Waals surface area (Å²) in [5.74, 6) is 0.965. The number of piperidine rings is 1. The van der Waals surface area contributed by atoms with Crippen LogP contribution >= 0.6 is 0 Å². The van der Waals surface area contributed by atoms with E-state index in [-0.39, 0.29) is 11.8 Å². The first-order chi connectivity index (χ1) is 9.25. The molecule has 0 radical (unpaired) electrons. The highest BCUT2D eigenvalue weighted by atomic mass is 16.2. The van der Waals surface area contributed by atoms with Crippen molar-refractivity contribution in [2.75, 3.05) is 32.7 Å². The molecular weight excluding hydrogens is 242 g/mol. The number of rotatable bonds is 7. The van der Waals surface area contributed by atoms with Crippen molar-refractivity contribution in [2.45, 2.75) is 38.5 Å². The fourth-order valence-electron chi connectivity index (χ4n) is 2.34. The number of nitrogens with one attached hydrogen (secondary N) is 2. The van der Waals surface area contributed by atoms with Crippen LogP contribution in [0.1, 0.15) is 38.5 Å². The Bertz CT molecular complexity index is 310. The second kappa shape index (κ2) is 7.48. The molecule has 1 heterocycles. The van der Waals surface area contributed by atoms with Gasteiger partial charge in [0, 0.05) is 32.6 Å². The average Bonchev–Trinajstić information content (AvgIpc) is 3.26. The van der Waals surface area contributed by atoms with Crippen LogP contribution in [0, 0.1) is 5.92 Å². The van der Waals surface area contributed by atoms with Gasteiger partial charge in [-0.1, -0.05) is 0 Å². The number of carbonyl (C=O) groups excluding carboxylic acids is 2. The Labute approximate surface area is 115 Å². The summed E-state index contributed by atoms with van der Waals surface area (Å²) in [7, 11) is 0. The second-order valence-corrected chi connectivity index (χ2v) is 5.62. The van der Waals surface area contributed by atoms with Gasteiger partial charge in [0.1, 0.15) is 0 Å². The molecule has 1 saturated heterocycles. The summed E-state index contributed by atoms with van der Waals surface area (Å²) in [4.78, 5) is 25.2. The number of hydrogen-bond acceptors (Lipinski definition) is 3. The molecule has 0 unspecified atom stereocenters. The first-order valence-electron chi connectivity index (χ1n) is 7.51. The monoisotopic (exact) mass is 267 g/mol. The van der Waals surface area contributed by atoms with Gasteiger partial charge in [0.25, 0.3) is 0 Å². The topological polar surface area (TPSA) is 61.4 Å². The summed E-state index contributed by atoms with van der Waals surface area (Å²) in [6.07, 6.45) is 6.49. The highest BCUT2D eigenvalue weighted by Crippen LogP contribution is 2.27. The average molecular weight is 267 g/mol. The largest absolute Gasteiger partial charge is 0.355 e. The smallest absolute Gasteiger partial charge is 0.233 e. The van der Waals surface area contributed by atoms with Gasteiger partial charge >= 0.3 is 0 Å². The van der Waals surface area contributed by atoms with E-state index in [0.29, 0.717) is 25.4 Å². The van der Waals surface area contributed by atoms with Gasteiger partial charge in [-0.2, -0.15) is 0 Å². The first-order valence-corrected chi connectivity index (χ1v) is 7.51. The van der Waals surface area contributed by atoms with Crippen LogP contribution in [0.4, 0.5) is 0 Å². The van der Waals surface area contributed by atoms with Crippen LogP contribution in [0.3, 0.4) is 0 Å². The minimum absolute atomic E-state index is 0.0392. The molecule has 0 aromatic carbocycles. The van der Waals surface area contributed by atoms with Crippen molar-refractivity contribution in [1.29, 1.82) is 0 Å². The third-order valence-electron chi connectivity index (χ3n) is 3.79. The predicted molar refractivity (Wildman–Crippen MR) is 73.7 cm³/mol. The van der Waals surface area contributed by atoms with Crippen LogP contribution in [-0.4, -0.2) is 49.4 Å². The molecule has 108 valence electrons. The molecule has 2 aliphatic rings. The van der Waals surface area contributed by atoms with Gasteiger partial charge in [0.05, 0.1) is 6.54 Å². The molecule has 5 nitrogen and oxygen atoms in total. The van der Waals surface area contributed by atoms with E-state index in [0.717, 1.165) is 32.5 Å². The molecule has 0 aromatic heterocycles. The van der Waals surface area contributed by atoms with E-state index in [1.54, 1.807) is 0 Å². The van der Waals surface area contributed by atoms with E-state index in [2.05, 4.69) is 10.6 Å². The highest BCUT2D eigenvalue weighted by Gasteiger charge is 2.21. The predicted octanol–water partition coefficient (Wildman–Crippen LogP) is 0.505. The van der Waals surface area contributed by atoms with Crippen molar-refractivity contribution in [1.82, 2.24) is 15.5 Å². The van der Waals surface area contributed by atoms with Gasteiger partial charge in [-0.25, -0.2) is 0 Å². The van der Waals surface area contributed by atoms with Crippen molar-refractivity contribution >= 4 is 11.8 Å². The normalized spacial score (nSPS) is 19.3. The van der Waals surface area contributed by atoms with Gasteiger partial charge in [-0.05, 0) is 38.0 Å². The molecule has 0 atom stereocenters. The molecule has 2 amide bonds. The Morgan fingerprint density at radius 1 is 1.11 bits per heavy atom. The SMILES string of the molecule is O=C(CNCCC(=O)N1CCCCC1)NCC1CC1. The van der Waals surface area contributed by atoms with Crippen molar-refractivity contribution in [3.63, 3.8) is 0 Å². The number of hydrogen-bond donors (Lipinski definition) is 2. The summed E-state index contributed by atoms with van der Waals surface area (Å²) < 4.78 is 0. The summed E-state index contributed by atoms with van der Waals surface area (Å²) in [5.41, 5.74) is 0. The van der Waals surface area contributed by atoms with E-state index in [4.69, 9.17) is 0 Å². The molecule has 5 heteroatoms. The maximum absolute atomic E-state index is 11.9. The second-order valence-electron chi connectivity index (χ2n) is 5.62. The number of amides is 2. The third kappa shape index (κ3) is 5.59. The van der Waals surface area contributed by atoms with Crippen LogP contribution in [0.2, 0.25) is 0 Å². The molecule has 19 heavy (non-hydrogen) atoms. The Balaban J connectivity index is 1.48. The standard InChI is InChI=1S/C14H25N3O2/c18-13(16-10-12-4-5-12)11-15-7-6-14(19)17-8-2-1-3-9-17/h12,15H,1-11H2,(H,16,18). The lowest BCUT2D eigenvalue weighted by Crippen LogP contribution is -2.39. The summed E-state index contributed by atoms with van der Waals surface area (Å²) in [5, 5.41) is 5.94. The molecule has 2 fully saturated rings. The lowest BCUT2D eigenvalue weighted by molar-refractivity contribution is -0.132. The molecule has 1 aliphatic heterocycles. The molecule has 2 rings (SSSR count). The van der Waals surface area contributed by atoms with E-state index in [1.165, 1.54) is 19.3 Å². The van der Waals surface area contributed by atoms with Crippen molar-refractivity contribution < 1.29 is 9.59 Å². The molecule has 2 N–H and O–H groups in total. The zero-order valence-electron chi connectivity index (χ0n) is 11.6. The van der Waals surface area contributed by atoms with E-state index < -0.39 is 0 Å². The molecular formula is C14H25N3O2. The van der Waals surface area contributed by atoms with Crippen molar-refractivity contribution in [3.8, 4) is 0 Å². The van der Waals surface area contributed by atoms with E-state index in [1.807, 2.05) is 4.90 Å². The van der Waals surface area contributed by atoms with Gasteiger partial charge in [-0.15, -0.1) is 0 Å². The maximum Gasteiger partial charge on any atom is 0.233 e. The zero-order chi connectivity index (χ0) is 13.5. The lowest BCUT2D eigenvalue weighted by atomic mass is 10.1. The summed E-state index contributed by atoms with van der Waals surface area (Å²) >= 11 is 0. The highest BCUT2D eigenvalue weighted by molar-refractivity contribution is 5.78. The van der Waals surface area contributed by atoms with Gasteiger partial charge in [0.15, 0.2) is 0 Å². The quantitative estimate of drug-likeness (QED) is 0.661. The molecule has 1 aliphatic carbocycles. The number of nitrogens with zero attached hydrogens (tertiary/aromatic N) is 1. The molecule has 0 aromatic rings. The van der Waals surface area contributed by atoms with E-state index >= 15 is 0 Å².